The van der Waals surface area contributed by atoms with Crippen molar-refractivity contribution in [3.8, 4) is 0 Å². The van der Waals surface area contributed by atoms with E-state index in [1.165, 1.54) is 23.1 Å². The van der Waals surface area contributed by atoms with Crippen molar-refractivity contribution >= 4 is 23.3 Å². The minimum absolute atomic E-state index is 0.00923. The van der Waals surface area contributed by atoms with Crippen LogP contribution >= 0.6 is 11.3 Å². The second-order valence-corrected chi connectivity index (χ2v) is 6.60. The second-order valence-electron chi connectivity index (χ2n) is 5.57. The minimum Gasteiger partial charge on any atom is -0.337 e. The number of hydrogen-bond donors (Lipinski definition) is 0. The first kappa shape index (κ1) is 15.9. The molecule has 0 saturated carbocycles. The number of rotatable bonds is 4. The molecule has 1 aromatic carbocycles. The van der Waals surface area contributed by atoms with Gasteiger partial charge in [-0.1, -0.05) is 18.2 Å². The van der Waals surface area contributed by atoms with Gasteiger partial charge >= 0.3 is 0 Å². The lowest BCUT2D eigenvalue weighted by atomic mass is 10.2. The SMILES string of the molecule is O=C(/C=C/c1cccc(F)c1)N1CCN(Cc2cccs2)CC1. The van der Waals surface area contributed by atoms with E-state index >= 15 is 0 Å². The van der Waals surface area contributed by atoms with E-state index in [0.717, 1.165) is 32.7 Å². The molecule has 2 aromatic rings. The summed E-state index contributed by atoms with van der Waals surface area (Å²) in [6.45, 7) is 4.20. The van der Waals surface area contributed by atoms with Crippen molar-refractivity contribution in [1.29, 1.82) is 0 Å². The molecule has 0 unspecified atom stereocenters. The van der Waals surface area contributed by atoms with Gasteiger partial charge in [0.25, 0.3) is 0 Å². The molecule has 0 atom stereocenters. The molecular weight excluding hydrogens is 311 g/mol. The molecule has 120 valence electrons. The van der Waals surface area contributed by atoms with Crippen LogP contribution in [-0.2, 0) is 11.3 Å². The van der Waals surface area contributed by atoms with Gasteiger partial charge in [0.1, 0.15) is 5.82 Å². The van der Waals surface area contributed by atoms with E-state index in [0.29, 0.717) is 5.56 Å². The van der Waals surface area contributed by atoms with Gasteiger partial charge in [-0.25, -0.2) is 4.39 Å². The second kappa shape index (κ2) is 7.53. The molecule has 0 spiro atoms. The first-order valence-electron chi connectivity index (χ1n) is 7.68. The van der Waals surface area contributed by atoms with Gasteiger partial charge in [-0.15, -0.1) is 11.3 Å². The van der Waals surface area contributed by atoms with Gasteiger partial charge in [-0.05, 0) is 35.2 Å². The van der Waals surface area contributed by atoms with Crippen molar-refractivity contribution in [2.75, 3.05) is 26.2 Å². The molecule has 0 N–H and O–H groups in total. The molecule has 0 aliphatic carbocycles. The van der Waals surface area contributed by atoms with Gasteiger partial charge in [0.15, 0.2) is 0 Å². The monoisotopic (exact) mass is 330 g/mol. The molecule has 2 heterocycles. The molecule has 1 saturated heterocycles. The summed E-state index contributed by atoms with van der Waals surface area (Å²) in [7, 11) is 0. The summed E-state index contributed by atoms with van der Waals surface area (Å²) < 4.78 is 13.1. The van der Waals surface area contributed by atoms with Crippen molar-refractivity contribution in [3.63, 3.8) is 0 Å². The Balaban J connectivity index is 1.50. The predicted octanol–water partition coefficient (Wildman–Crippen LogP) is 3.24. The molecule has 1 amide bonds. The van der Waals surface area contributed by atoms with Crippen LogP contribution in [0.2, 0.25) is 0 Å². The highest BCUT2D eigenvalue weighted by atomic mass is 32.1. The number of piperazine rings is 1. The van der Waals surface area contributed by atoms with E-state index < -0.39 is 0 Å². The smallest absolute Gasteiger partial charge is 0.246 e. The third-order valence-corrected chi connectivity index (χ3v) is 4.77. The number of benzene rings is 1. The van der Waals surface area contributed by atoms with E-state index in [2.05, 4.69) is 22.4 Å². The number of hydrogen-bond acceptors (Lipinski definition) is 3. The fourth-order valence-electron chi connectivity index (χ4n) is 2.63. The van der Waals surface area contributed by atoms with Crippen LogP contribution in [0.3, 0.4) is 0 Å². The molecule has 1 aromatic heterocycles. The Labute approximate surface area is 139 Å². The lowest BCUT2D eigenvalue weighted by Crippen LogP contribution is -2.47. The number of carbonyl (C=O) groups excluding carboxylic acids is 1. The van der Waals surface area contributed by atoms with Crippen LogP contribution in [0.15, 0.2) is 47.9 Å². The summed E-state index contributed by atoms with van der Waals surface area (Å²) in [5.41, 5.74) is 0.703. The molecule has 1 aliphatic rings. The quantitative estimate of drug-likeness (QED) is 0.804. The third kappa shape index (κ3) is 4.50. The maximum Gasteiger partial charge on any atom is 0.246 e. The fourth-order valence-corrected chi connectivity index (χ4v) is 3.38. The lowest BCUT2D eigenvalue weighted by Gasteiger charge is -2.33. The van der Waals surface area contributed by atoms with Crippen LogP contribution in [-0.4, -0.2) is 41.9 Å². The molecule has 1 fully saturated rings. The zero-order chi connectivity index (χ0) is 16.1. The van der Waals surface area contributed by atoms with Crippen molar-refractivity contribution in [2.24, 2.45) is 0 Å². The molecule has 0 bridgehead atoms. The largest absolute Gasteiger partial charge is 0.337 e. The van der Waals surface area contributed by atoms with Gasteiger partial charge in [-0.2, -0.15) is 0 Å². The van der Waals surface area contributed by atoms with Crippen LogP contribution in [0, 0.1) is 5.82 Å². The molecule has 5 heteroatoms. The first-order valence-corrected chi connectivity index (χ1v) is 8.56. The summed E-state index contributed by atoms with van der Waals surface area (Å²) >= 11 is 1.77. The molecule has 23 heavy (non-hydrogen) atoms. The fraction of sp³-hybridized carbons (Fsp3) is 0.278. The van der Waals surface area contributed by atoms with Crippen LogP contribution in [0.5, 0.6) is 0 Å². The molecule has 3 rings (SSSR count). The predicted molar refractivity (Wildman–Crippen MR) is 91.6 cm³/mol. The Kier molecular flexibility index (Phi) is 5.20. The Morgan fingerprint density at radius 2 is 2.00 bits per heavy atom. The Morgan fingerprint density at radius 3 is 2.70 bits per heavy atom. The summed E-state index contributed by atoms with van der Waals surface area (Å²) in [5, 5.41) is 2.09. The molecular formula is C18H19FN2OS. The Hall–Kier alpha value is -1.98. The van der Waals surface area contributed by atoms with Gasteiger partial charge in [-0.3, -0.25) is 9.69 Å². The van der Waals surface area contributed by atoms with E-state index in [1.807, 2.05) is 4.90 Å². The average molecular weight is 330 g/mol. The number of nitrogens with zero attached hydrogens (tertiary/aromatic N) is 2. The summed E-state index contributed by atoms with van der Waals surface area (Å²) in [6.07, 6.45) is 3.20. The minimum atomic E-state index is -0.290. The van der Waals surface area contributed by atoms with Crippen molar-refractivity contribution in [1.82, 2.24) is 9.80 Å². The molecule has 0 radical (unpaired) electrons. The highest BCUT2D eigenvalue weighted by molar-refractivity contribution is 7.09. The summed E-state index contributed by atoms with van der Waals surface area (Å²) in [5.74, 6) is -0.299. The summed E-state index contributed by atoms with van der Waals surface area (Å²) in [4.78, 5) is 17.8. The van der Waals surface area contributed by atoms with E-state index in [-0.39, 0.29) is 11.7 Å². The average Bonchev–Trinajstić information content (AvgIpc) is 3.06. The number of amides is 1. The van der Waals surface area contributed by atoms with Crippen LogP contribution in [0.4, 0.5) is 4.39 Å². The third-order valence-electron chi connectivity index (χ3n) is 3.91. The maximum absolute atomic E-state index is 13.1. The number of thiophene rings is 1. The maximum atomic E-state index is 13.1. The topological polar surface area (TPSA) is 23.6 Å². The normalized spacial score (nSPS) is 16.1. The van der Waals surface area contributed by atoms with Gasteiger partial charge in [0.05, 0.1) is 0 Å². The Morgan fingerprint density at radius 1 is 1.17 bits per heavy atom. The first-order chi connectivity index (χ1) is 11.2. The Bertz CT molecular complexity index is 676. The van der Waals surface area contributed by atoms with Crippen LogP contribution in [0.1, 0.15) is 10.4 Å². The zero-order valence-corrected chi connectivity index (χ0v) is 13.6. The van der Waals surface area contributed by atoms with Crippen molar-refractivity contribution in [2.45, 2.75) is 6.54 Å². The van der Waals surface area contributed by atoms with Gasteiger partial charge < -0.3 is 4.90 Å². The van der Waals surface area contributed by atoms with Gasteiger partial charge in [0.2, 0.25) is 5.91 Å². The van der Waals surface area contributed by atoms with Crippen LogP contribution < -0.4 is 0 Å². The molecule has 3 nitrogen and oxygen atoms in total. The summed E-state index contributed by atoms with van der Waals surface area (Å²) in [6, 6.07) is 10.4. The lowest BCUT2D eigenvalue weighted by molar-refractivity contribution is -0.127. The highest BCUT2D eigenvalue weighted by Crippen LogP contribution is 2.14. The van der Waals surface area contributed by atoms with E-state index in [9.17, 15) is 9.18 Å². The van der Waals surface area contributed by atoms with Crippen molar-refractivity contribution < 1.29 is 9.18 Å². The zero-order valence-electron chi connectivity index (χ0n) is 12.8. The highest BCUT2D eigenvalue weighted by Gasteiger charge is 2.19. The number of halogens is 1. The van der Waals surface area contributed by atoms with E-state index in [4.69, 9.17) is 0 Å². The van der Waals surface area contributed by atoms with Crippen molar-refractivity contribution in [3.05, 3.63) is 64.1 Å². The van der Waals surface area contributed by atoms with Gasteiger partial charge in [0, 0.05) is 43.7 Å². The molecule has 1 aliphatic heterocycles. The standard InChI is InChI=1S/C18H19FN2OS/c19-16-4-1-3-15(13-16)6-7-18(22)21-10-8-20(9-11-21)14-17-5-2-12-23-17/h1-7,12-13H,8-11,14H2/b7-6+. The van der Waals surface area contributed by atoms with E-state index in [1.54, 1.807) is 29.5 Å². The number of carbonyl (C=O) groups is 1. The van der Waals surface area contributed by atoms with Crippen LogP contribution in [0.25, 0.3) is 6.08 Å².